The fraction of sp³-hybridized carbons (Fsp3) is 0.467. The molecule has 7 nitrogen and oxygen atoms in total. The van der Waals surface area contributed by atoms with Gasteiger partial charge in [0, 0.05) is 26.2 Å². The van der Waals surface area contributed by atoms with Crippen molar-refractivity contribution in [2.24, 2.45) is 0 Å². The first-order valence-electron chi connectivity index (χ1n) is 7.31. The van der Waals surface area contributed by atoms with E-state index in [1.54, 1.807) is 6.92 Å². The lowest BCUT2D eigenvalue weighted by molar-refractivity contribution is -0.122. The predicted molar refractivity (Wildman–Crippen MR) is 87.5 cm³/mol. The molecular formula is C15H23N3O4S. The Morgan fingerprint density at radius 3 is 2.48 bits per heavy atom. The molecule has 8 heteroatoms. The van der Waals surface area contributed by atoms with E-state index in [2.05, 4.69) is 10.6 Å². The molecule has 0 fully saturated rings. The van der Waals surface area contributed by atoms with Crippen LogP contribution in [0.3, 0.4) is 0 Å². The quantitative estimate of drug-likeness (QED) is 0.758. The standard InChI is InChI=1S/C15H23N3O4S/c1-5-9-16-14(19)11(2)17-15(20)12-7-6-8-13(10-12)23(21,22)18(3)4/h6-8,10-11H,5,9H2,1-4H3,(H,16,19)(H,17,20)/t11-/m1/s1. The number of sulfonamides is 1. The van der Waals surface area contributed by atoms with Crippen molar-refractivity contribution in [2.45, 2.75) is 31.2 Å². The van der Waals surface area contributed by atoms with E-state index in [0.717, 1.165) is 10.7 Å². The lowest BCUT2D eigenvalue weighted by Crippen LogP contribution is -2.45. The van der Waals surface area contributed by atoms with E-state index in [1.807, 2.05) is 6.92 Å². The van der Waals surface area contributed by atoms with Crippen LogP contribution in [0.5, 0.6) is 0 Å². The van der Waals surface area contributed by atoms with Gasteiger partial charge in [-0.2, -0.15) is 0 Å². The highest BCUT2D eigenvalue weighted by Crippen LogP contribution is 2.14. The first-order valence-corrected chi connectivity index (χ1v) is 8.75. The molecule has 1 atom stereocenters. The van der Waals surface area contributed by atoms with Crippen LogP contribution in [0, 0.1) is 0 Å². The third-order valence-corrected chi connectivity index (χ3v) is 4.98. The van der Waals surface area contributed by atoms with E-state index < -0.39 is 22.0 Å². The van der Waals surface area contributed by atoms with E-state index in [-0.39, 0.29) is 16.4 Å². The van der Waals surface area contributed by atoms with Gasteiger partial charge in [0.2, 0.25) is 15.9 Å². The first-order chi connectivity index (χ1) is 10.7. The average Bonchev–Trinajstić information content (AvgIpc) is 2.52. The second kappa shape index (κ2) is 8.07. The number of rotatable bonds is 7. The highest BCUT2D eigenvalue weighted by atomic mass is 32.2. The molecule has 0 heterocycles. The Bertz CT molecular complexity index is 671. The number of amides is 2. The Morgan fingerprint density at radius 2 is 1.91 bits per heavy atom. The number of benzene rings is 1. The topological polar surface area (TPSA) is 95.6 Å². The molecule has 128 valence electrons. The fourth-order valence-electron chi connectivity index (χ4n) is 1.76. The van der Waals surface area contributed by atoms with Crippen molar-refractivity contribution in [1.82, 2.24) is 14.9 Å². The number of carbonyl (C=O) groups is 2. The lowest BCUT2D eigenvalue weighted by Gasteiger charge is -2.15. The van der Waals surface area contributed by atoms with Gasteiger partial charge in [0.15, 0.2) is 0 Å². The van der Waals surface area contributed by atoms with Crippen LogP contribution in [0.4, 0.5) is 0 Å². The van der Waals surface area contributed by atoms with Crippen molar-refractivity contribution < 1.29 is 18.0 Å². The van der Waals surface area contributed by atoms with Gasteiger partial charge in [0.25, 0.3) is 5.91 Å². The summed E-state index contributed by atoms with van der Waals surface area (Å²) in [5, 5.41) is 5.24. The molecule has 0 saturated heterocycles. The summed E-state index contributed by atoms with van der Waals surface area (Å²) in [5.74, 6) is -0.780. The number of carbonyl (C=O) groups excluding carboxylic acids is 2. The molecule has 2 amide bonds. The van der Waals surface area contributed by atoms with E-state index >= 15 is 0 Å². The highest BCUT2D eigenvalue weighted by Gasteiger charge is 2.20. The van der Waals surface area contributed by atoms with Crippen molar-refractivity contribution in [3.8, 4) is 0 Å². The molecule has 0 aromatic heterocycles. The SMILES string of the molecule is CCCNC(=O)[C@@H](C)NC(=O)c1cccc(S(=O)(=O)N(C)C)c1. The van der Waals surface area contributed by atoms with Crippen molar-refractivity contribution >= 4 is 21.8 Å². The zero-order chi connectivity index (χ0) is 17.6. The maximum atomic E-state index is 12.2. The molecule has 0 unspecified atom stereocenters. The average molecular weight is 341 g/mol. The summed E-state index contributed by atoms with van der Waals surface area (Å²) < 4.78 is 25.2. The van der Waals surface area contributed by atoms with Crippen LogP contribution < -0.4 is 10.6 Å². The molecule has 0 bridgehead atoms. The summed E-state index contributed by atoms with van der Waals surface area (Å²) in [7, 11) is -0.778. The maximum Gasteiger partial charge on any atom is 0.251 e. The minimum atomic E-state index is -3.62. The van der Waals surface area contributed by atoms with Crippen molar-refractivity contribution in [2.75, 3.05) is 20.6 Å². The molecule has 1 aromatic rings. The molecule has 0 aliphatic heterocycles. The van der Waals surface area contributed by atoms with Crippen LogP contribution in [-0.2, 0) is 14.8 Å². The van der Waals surface area contributed by atoms with Crippen molar-refractivity contribution in [3.05, 3.63) is 29.8 Å². The van der Waals surface area contributed by atoms with Crippen molar-refractivity contribution in [3.63, 3.8) is 0 Å². The summed E-state index contributed by atoms with van der Waals surface area (Å²) in [6.07, 6.45) is 0.802. The molecule has 23 heavy (non-hydrogen) atoms. The van der Waals surface area contributed by atoms with Crippen LogP contribution in [-0.4, -0.2) is 51.2 Å². The molecular weight excluding hydrogens is 318 g/mol. The molecule has 1 aromatic carbocycles. The Labute approximate surface area is 137 Å². The normalized spacial score (nSPS) is 12.7. The summed E-state index contributed by atoms with van der Waals surface area (Å²) in [5.41, 5.74) is 0.183. The minimum absolute atomic E-state index is 0.0261. The second-order valence-electron chi connectivity index (χ2n) is 5.30. The lowest BCUT2D eigenvalue weighted by atomic mass is 10.2. The van der Waals surface area contributed by atoms with Crippen LogP contribution in [0.15, 0.2) is 29.2 Å². The highest BCUT2D eigenvalue weighted by molar-refractivity contribution is 7.89. The summed E-state index contributed by atoms with van der Waals surface area (Å²) in [6, 6.07) is 5.00. The van der Waals surface area contributed by atoms with Gasteiger partial charge >= 0.3 is 0 Å². The van der Waals surface area contributed by atoms with Gasteiger partial charge in [-0.05, 0) is 31.5 Å². The molecule has 0 aliphatic carbocycles. The fourth-order valence-corrected chi connectivity index (χ4v) is 2.70. The Morgan fingerprint density at radius 1 is 1.26 bits per heavy atom. The predicted octanol–water partition coefficient (Wildman–Crippen LogP) is 0.581. The summed E-state index contributed by atoms with van der Waals surface area (Å²) in [4.78, 5) is 24.0. The summed E-state index contributed by atoms with van der Waals surface area (Å²) in [6.45, 7) is 4.04. The molecule has 2 N–H and O–H groups in total. The molecule has 0 spiro atoms. The van der Waals surface area contributed by atoms with Crippen LogP contribution in [0.1, 0.15) is 30.6 Å². The third kappa shape index (κ3) is 5.04. The van der Waals surface area contributed by atoms with Crippen LogP contribution in [0.25, 0.3) is 0 Å². The number of hydrogen-bond acceptors (Lipinski definition) is 4. The monoisotopic (exact) mass is 341 g/mol. The summed E-state index contributed by atoms with van der Waals surface area (Å²) >= 11 is 0. The minimum Gasteiger partial charge on any atom is -0.354 e. The van der Waals surface area contributed by atoms with Gasteiger partial charge in [0.1, 0.15) is 6.04 Å². The maximum absolute atomic E-state index is 12.2. The Hall–Kier alpha value is -1.93. The van der Waals surface area contributed by atoms with Gasteiger partial charge in [0.05, 0.1) is 4.90 Å². The Balaban J connectivity index is 2.88. The number of nitrogens with zero attached hydrogens (tertiary/aromatic N) is 1. The Kier molecular flexibility index (Phi) is 6.71. The van der Waals surface area contributed by atoms with E-state index in [4.69, 9.17) is 0 Å². The smallest absolute Gasteiger partial charge is 0.251 e. The van der Waals surface area contributed by atoms with E-state index in [9.17, 15) is 18.0 Å². The van der Waals surface area contributed by atoms with E-state index in [0.29, 0.717) is 6.54 Å². The van der Waals surface area contributed by atoms with Gasteiger partial charge in [-0.1, -0.05) is 13.0 Å². The molecule has 0 saturated carbocycles. The van der Waals surface area contributed by atoms with Crippen LogP contribution >= 0.6 is 0 Å². The molecule has 0 radical (unpaired) electrons. The first kappa shape index (κ1) is 19.1. The van der Waals surface area contributed by atoms with E-state index in [1.165, 1.54) is 38.4 Å². The zero-order valence-corrected chi connectivity index (χ0v) is 14.6. The number of hydrogen-bond donors (Lipinski definition) is 2. The van der Waals surface area contributed by atoms with Crippen molar-refractivity contribution in [1.29, 1.82) is 0 Å². The largest absolute Gasteiger partial charge is 0.354 e. The van der Waals surface area contributed by atoms with Gasteiger partial charge in [-0.3, -0.25) is 9.59 Å². The van der Waals surface area contributed by atoms with Crippen LogP contribution in [0.2, 0.25) is 0 Å². The zero-order valence-electron chi connectivity index (χ0n) is 13.8. The molecule has 1 rings (SSSR count). The van der Waals surface area contributed by atoms with Gasteiger partial charge < -0.3 is 10.6 Å². The van der Waals surface area contributed by atoms with Gasteiger partial charge in [-0.25, -0.2) is 12.7 Å². The second-order valence-corrected chi connectivity index (χ2v) is 7.45. The third-order valence-electron chi connectivity index (χ3n) is 3.16. The van der Waals surface area contributed by atoms with Gasteiger partial charge in [-0.15, -0.1) is 0 Å². The number of nitrogens with one attached hydrogen (secondary N) is 2. The molecule has 0 aliphatic rings.